The monoisotopic (exact) mass is 265 g/mol. The SMILES string of the molecule is O=C(O)c1ccc(NC(=O)c2ccsc2)c(F)c1. The fourth-order valence-electron chi connectivity index (χ4n) is 1.34. The third-order valence-electron chi connectivity index (χ3n) is 2.25. The standard InChI is InChI=1S/C12H8FNO3S/c13-9-5-7(12(16)17)1-2-10(9)14-11(15)8-3-4-18-6-8/h1-6H,(H,14,15)(H,16,17). The molecule has 0 atom stereocenters. The molecule has 1 heterocycles. The predicted molar refractivity (Wildman–Crippen MR) is 65.6 cm³/mol. The van der Waals surface area contributed by atoms with Gasteiger partial charge in [0.1, 0.15) is 5.82 Å². The number of hydrogen-bond donors (Lipinski definition) is 2. The van der Waals surface area contributed by atoms with E-state index in [4.69, 9.17) is 5.11 Å². The van der Waals surface area contributed by atoms with Gasteiger partial charge in [-0.3, -0.25) is 4.79 Å². The number of carbonyl (C=O) groups excluding carboxylic acids is 1. The minimum Gasteiger partial charge on any atom is -0.478 e. The van der Waals surface area contributed by atoms with Gasteiger partial charge in [0.15, 0.2) is 0 Å². The van der Waals surface area contributed by atoms with Gasteiger partial charge in [-0.05, 0) is 29.6 Å². The molecule has 2 aromatic rings. The highest BCUT2D eigenvalue weighted by atomic mass is 32.1. The third-order valence-corrected chi connectivity index (χ3v) is 2.93. The Morgan fingerprint density at radius 3 is 2.56 bits per heavy atom. The highest BCUT2D eigenvalue weighted by molar-refractivity contribution is 7.08. The van der Waals surface area contributed by atoms with Crippen LogP contribution in [0.15, 0.2) is 35.0 Å². The Morgan fingerprint density at radius 1 is 1.22 bits per heavy atom. The van der Waals surface area contributed by atoms with Crippen molar-refractivity contribution < 1.29 is 19.1 Å². The van der Waals surface area contributed by atoms with Gasteiger partial charge in [0.25, 0.3) is 5.91 Å². The summed E-state index contributed by atoms with van der Waals surface area (Å²) in [4.78, 5) is 22.3. The lowest BCUT2D eigenvalue weighted by Gasteiger charge is -2.05. The van der Waals surface area contributed by atoms with Crippen molar-refractivity contribution in [2.45, 2.75) is 0 Å². The van der Waals surface area contributed by atoms with Crippen molar-refractivity contribution in [1.82, 2.24) is 0 Å². The Labute approximate surface area is 106 Å². The Kier molecular flexibility index (Phi) is 3.38. The molecule has 0 unspecified atom stereocenters. The lowest BCUT2D eigenvalue weighted by molar-refractivity contribution is 0.0696. The minimum absolute atomic E-state index is 0.0452. The van der Waals surface area contributed by atoms with E-state index in [1.54, 1.807) is 16.8 Å². The number of carboxylic acid groups (broad SMARTS) is 1. The molecule has 0 bridgehead atoms. The maximum Gasteiger partial charge on any atom is 0.335 e. The van der Waals surface area contributed by atoms with E-state index in [1.807, 2.05) is 0 Å². The molecule has 0 radical (unpaired) electrons. The molecule has 1 aromatic heterocycles. The summed E-state index contributed by atoms with van der Waals surface area (Å²) in [5.74, 6) is -2.43. The molecule has 18 heavy (non-hydrogen) atoms. The largest absolute Gasteiger partial charge is 0.478 e. The normalized spacial score (nSPS) is 10.1. The van der Waals surface area contributed by atoms with Crippen molar-refractivity contribution in [1.29, 1.82) is 0 Å². The summed E-state index contributed by atoms with van der Waals surface area (Å²) >= 11 is 1.36. The lowest BCUT2D eigenvalue weighted by Crippen LogP contribution is -2.12. The van der Waals surface area contributed by atoms with Crippen LogP contribution in [0.25, 0.3) is 0 Å². The fraction of sp³-hybridized carbons (Fsp3) is 0. The maximum atomic E-state index is 13.5. The molecule has 1 amide bonds. The molecule has 0 spiro atoms. The first-order valence-electron chi connectivity index (χ1n) is 4.94. The molecule has 0 aliphatic heterocycles. The summed E-state index contributed by atoms with van der Waals surface area (Å²) < 4.78 is 13.5. The lowest BCUT2D eigenvalue weighted by atomic mass is 10.2. The highest BCUT2D eigenvalue weighted by Crippen LogP contribution is 2.17. The van der Waals surface area contributed by atoms with E-state index in [0.717, 1.165) is 6.07 Å². The number of benzene rings is 1. The van der Waals surface area contributed by atoms with Crippen LogP contribution in [0.1, 0.15) is 20.7 Å². The van der Waals surface area contributed by atoms with Crippen molar-refractivity contribution in [2.24, 2.45) is 0 Å². The first-order chi connectivity index (χ1) is 8.58. The molecule has 4 nitrogen and oxygen atoms in total. The zero-order valence-corrected chi connectivity index (χ0v) is 9.83. The zero-order valence-electron chi connectivity index (χ0n) is 9.01. The van der Waals surface area contributed by atoms with Gasteiger partial charge in [-0.1, -0.05) is 0 Å². The molecule has 2 rings (SSSR count). The summed E-state index contributed by atoms with van der Waals surface area (Å²) in [6, 6.07) is 4.94. The summed E-state index contributed by atoms with van der Waals surface area (Å²) in [5.41, 5.74) is 0.221. The number of nitrogens with one attached hydrogen (secondary N) is 1. The van der Waals surface area contributed by atoms with Gasteiger partial charge >= 0.3 is 5.97 Å². The molecule has 1 aromatic carbocycles. The van der Waals surface area contributed by atoms with E-state index < -0.39 is 17.7 Å². The predicted octanol–water partition coefficient (Wildman–Crippen LogP) is 2.84. The van der Waals surface area contributed by atoms with Crippen LogP contribution in [0, 0.1) is 5.82 Å². The van der Waals surface area contributed by atoms with Gasteiger partial charge in [-0.15, -0.1) is 0 Å². The Balaban J connectivity index is 2.20. The molecule has 0 saturated carbocycles. The third kappa shape index (κ3) is 2.54. The Bertz CT molecular complexity index is 595. The molecule has 6 heteroatoms. The van der Waals surface area contributed by atoms with E-state index in [-0.39, 0.29) is 11.3 Å². The second-order valence-corrected chi connectivity index (χ2v) is 4.25. The average Bonchev–Trinajstić information content (AvgIpc) is 2.85. The maximum absolute atomic E-state index is 13.5. The van der Waals surface area contributed by atoms with Crippen molar-refractivity contribution in [3.8, 4) is 0 Å². The van der Waals surface area contributed by atoms with E-state index in [2.05, 4.69) is 5.32 Å². The van der Waals surface area contributed by atoms with Crippen LogP contribution >= 0.6 is 11.3 Å². The number of amides is 1. The molecule has 0 aliphatic rings. The van der Waals surface area contributed by atoms with E-state index >= 15 is 0 Å². The Morgan fingerprint density at radius 2 is 2.00 bits per heavy atom. The molecule has 0 aliphatic carbocycles. The second kappa shape index (κ2) is 4.97. The first-order valence-corrected chi connectivity index (χ1v) is 5.88. The number of thiophene rings is 1. The smallest absolute Gasteiger partial charge is 0.335 e. The van der Waals surface area contributed by atoms with Crippen LogP contribution in [0.3, 0.4) is 0 Å². The van der Waals surface area contributed by atoms with Crippen LogP contribution in [0.5, 0.6) is 0 Å². The van der Waals surface area contributed by atoms with Crippen LogP contribution < -0.4 is 5.32 Å². The van der Waals surface area contributed by atoms with Gasteiger partial charge in [-0.25, -0.2) is 9.18 Å². The zero-order chi connectivity index (χ0) is 13.1. The highest BCUT2D eigenvalue weighted by Gasteiger charge is 2.12. The van der Waals surface area contributed by atoms with Crippen LogP contribution in [-0.4, -0.2) is 17.0 Å². The van der Waals surface area contributed by atoms with Crippen molar-refractivity contribution >= 4 is 28.9 Å². The molecule has 0 fully saturated rings. The number of hydrogen-bond acceptors (Lipinski definition) is 3. The summed E-state index contributed by atoms with van der Waals surface area (Å²) in [5, 5.41) is 14.4. The van der Waals surface area contributed by atoms with Crippen LogP contribution in [0.4, 0.5) is 10.1 Å². The van der Waals surface area contributed by atoms with Crippen molar-refractivity contribution in [2.75, 3.05) is 5.32 Å². The summed E-state index contributed by atoms with van der Waals surface area (Å²) in [6.07, 6.45) is 0. The number of rotatable bonds is 3. The molecule has 92 valence electrons. The van der Waals surface area contributed by atoms with Crippen molar-refractivity contribution in [3.05, 3.63) is 52.0 Å². The first kappa shape index (κ1) is 12.3. The summed E-state index contributed by atoms with van der Waals surface area (Å²) in [7, 11) is 0. The molecular weight excluding hydrogens is 257 g/mol. The number of anilines is 1. The van der Waals surface area contributed by atoms with Gasteiger partial charge < -0.3 is 10.4 Å². The van der Waals surface area contributed by atoms with E-state index in [1.165, 1.54) is 23.5 Å². The molecular formula is C12H8FNO3S. The van der Waals surface area contributed by atoms with Crippen molar-refractivity contribution in [3.63, 3.8) is 0 Å². The topological polar surface area (TPSA) is 66.4 Å². The molecule has 2 N–H and O–H groups in total. The average molecular weight is 265 g/mol. The second-order valence-electron chi connectivity index (χ2n) is 3.47. The van der Waals surface area contributed by atoms with Gasteiger partial charge in [0.2, 0.25) is 0 Å². The van der Waals surface area contributed by atoms with E-state index in [0.29, 0.717) is 5.56 Å². The van der Waals surface area contributed by atoms with Gasteiger partial charge in [0.05, 0.1) is 16.8 Å². The van der Waals surface area contributed by atoms with Gasteiger partial charge in [0, 0.05) is 5.38 Å². The number of halogens is 1. The quantitative estimate of drug-likeness (QED) is 0.896. The number of carbonyl (C=O) groups is 2. The fourth-order valence-corrected chi connectivity index (χ4v) is 1.97. The van der Waals surface area contributed by atoms with Gasteiger partial charge in [-0.2, -0.15) is 11.3 Å². The number of aromatic carboxylic acids is 1. The summed E-state index contributed by atoms with van der Waals surface area (Å²) in [6.45, 7) is 0. The minimum atomic E-state index is -1.22. The number of carboxylic acids is 1. The Hall–Kier alpha value is -2.21. The van der Waals surface area contributed by atoms with E-state index in [9.17, 15) is 14.0 Å². The van der Waals surface area contributed by atoms with Crippen LogP contribution in [0.2, 0.25) is 0 Å². The van der Waals surface area contributed by atoms with Crippen LogP contribution in [-0.2, 0) is 0 Å². The molecule has 0 saturated heterocycles.